The van der Waals surface area contributed by atoms with E-state index in [4.69, 9.17) is 5.73 Å². The molecule has 1 saturated carbocycles. The van der Waals surface area contributed by atoms with Crippen LogP contribution in [-0.2, 0) is 0 Å². The van der Waals surface area contributed by atoms with Crippen LogP contribution >= 0.6 is 0 Å². The second kappa shape index (κ2) is 6.27. The molecule has 2 N–H and O–H groups in total. The van der Waals surface area contributed by atoms with E-state index in [9.17, 15) is 0 Å². The second-order valence-electron chi connectivity index (χ2n) is 5.86. The Labute approximate surface area is 101 Å². The molecular formula is C14H28N2. The highest BCUT2D eigenvalue weighted by Crippen LogP contribution is 2.43. The molecule has 0 aliphatic heterocycles. The smallest absolute Gasteiger partial charge is 0.0937 e. The van der Waals surface area contributed by atoms with Gasteiger partial charge in [0.2, 0.25) is 0 Å². The summed E-state index contributed by atoms with van der Waals surface area (Å²) in [4.78, 5) is 4.62. The molecule has 16 heavy (non-hydrogen) atoms. The Morgan fingerprint density at radius 2 is 1.94 bits per heavy atom. The van der Waals surface area contributed by atoms with Crippen molar-refractivity contribution in [3.05, 3.63) is 0 Å². The van der Waals surface area contributed by atoms with E-state index in [2.05, 4.69) is 25.8 Å². The summed E-state index contributed by atoms with van der Waals surface area (Å²) in [6, 6.07) is 0. The fourth-order valence-corrected chi connectivity index (χ4v) is 3.02. The van der Waals surface area contributed by atoms with Crippen molar-refractivity contribution >= 4 is 5.84 Å². The van der Waals surface area contributed by atoms with Crippen LogP contribution < -0.4 is 5.73 Å². The highest BCUT2D eigenvalue weighted by molar-refractivity contribution is 5.80. The summed E-state index contributed by atoms with van der Waals surface area (Å²) in [6.07, 6.45) is 8.86. The number of amidine groups is 1. The SMILES string of the molecule is CCCC(N)=NCC1(CC(C)C)CCCC1. The maximum Gasteiger partial charge on any atom is 0.0937 e. The van der Waals surface area contributed by atoms with Gasteiger partial charge in [0.25, 0.3) is 0 Å². The second-order valence-corrected chi connectivity index (χ2v) is 5.86. The van der Waals surface area contributed by atoms with Gasteiger partial charge in [0, 0.05) is 13.0 Å². The van der Waals surface area contributed by atoms with Gasteiger partial charge in [0.15, 0.2) is 0 Å². The van der Waals surface area contributed by atoms with Gasteiger partial charge in [0.1, 0.15) is 0 Å². The molecule has 1 fully saturated rings. The van der Waals surface area contributed by atoms with Crippen molar-refractivity contribution in [2.24, 2.45) is 22.1 Å². The van der Waals surface area contributed by atoms with E-state index >= 15 is 0 Å². The van der Waals surface area contributed by atoms with Crippen molar-refractivity contribution in [3.63, 3.8) is 0 Å². The Kier molecular flexibility index (Phi) is 5.30. The van der Waals surface area contributed by atoms with E-state index in [1.807, 2.05) is 0 Å². The van der Waals surface area contributed by atoms with E-state index in [-0.39, 0.29) is 0 Å². The molecule has 0 bridgehead atoms. The van der Waals surface area contributed by atoms with Gasteiger partial charge in [-0.2, -0.15) is 0 Å². The number of nitrogens with zero attached hydrogens (tertiary/aromatic N) is 1. The van der Waals surface area contributed by atoms with Crippen LogP contribution in [0.1, 0.15) is 65.7 Å². The van der Waals surface area contributed by atoms with E-state index < -0.39 is 0 Å². The summed E-state index contributed by atoms with van der Waals surface area (Å²) < 4.78 is 0. The Balaban J connectivity index is 2.54. The molecular weight excluding hydrogens is 196 g/mol. The minimum atomic E-state index is 0.479. The summed E-state index contributed by atoms with van der Waals surface area (Å²) in [7, 11) is 0. The number of hydrogen-bond donors (Lipinski definition) is 1. The number of hydrogen-bond acceptors (Lipinski definition) is 1. The zero-order valence-electron chi connectivity index (χ0n) is 11.3. The van der Waals surface area contributed by atoms with Crippen molar-refractivity contribution in [1.29, 1.82) is 0 Å². The van der Waals surface area contributed by atoms with Crippen LogP contribution in [-0.4, -0.2) is 12.4 Å². The molecule has 0 aromatic rings. The number of rotatable bonds is 6. The molecule has 0 unspecified atom stereocenters. The van der Waals surface area contributed by atoms with Gasteiger partial charge in [-0.3, -0.25) is 4.99 Å². The molecule has 1 rings (SSSR count). The lowest BCUT2D eigenvalue weighted by atomic mass is 9.78. The van der Waals surface area contributed by atoms with Crippen molar-refractivity contribution in [2.45, 2.75) is 65.7 Å². The van der Waals surface area contributed by atoms with Gasteiger partial charge >= 0.3 is 0 Å². The molecule has 0 radical (unpaired) electrons. The average Bonchev–Trinajstić information content (AvgIpc) is 2.64. The number of aliphatic imine (C=N–C) groups is 1. The molecule has 0 atom stereocenters. The Morgan fingerprint density at radius 1 is 1.31 bits per heavy atom. The zero-order chi connectivity index (χ0) is 12.0. The van der Waals surface area contributed by atoms with Crippen LogP contribution in [0.3, 0.4) is 0 Å². The molecule has 2 heteroatoms. The first-order valence-electron chi connectivity index (χ1n) is 6.87. The zero-order valence-corrected chi connectivity index (χ0v) is 11.3. The van der Waals surface area contributed by atoms with Gasteiger partial charge in [-0.1, -0.05) is 33.6 Å². The average molecular weight is 224 g/mol. The van der Waals surface area contributed by atoms with E-state index in [0.29, 0.717) is 5.41 Å². The van der Waals surface area contributed by atoms with Gasteiger partial charge in [-0.25, -0.2) is 0 Å². The summed E-state index contributed by atoms with van der Waals surface area (Å²) in [5, 5.41) is 0. The van der Waals surface area contributed by atoms with Gasteiger partial charge in [-0.15, -0.1) is 0 Å². The monoisotopic (exact) mass is 224 g/mol. The van der Waals surface area contributed by atoms with E-state index in [1.54, 1.807) is 0 Å². The molecule has 94 valence electrons. The van der Waals surface area contributed by atoms with Crippen LogP contribution in [0.5, 0.6) is 0 Å². The summed E-state index contributed by atoms with van der Waals surface area (Å²) in [5.41, 5.74) is 6.38. The summed E-state index contributed by atoms with van der Waals surface area (Å²) in [5.74, 6) is 1.64. The van der Waals surface area contributed by atoms with E-state index in [0.717, 1.165) is 31.1 Å². The van der Waals surface area contributed by atoms with Gasteiger partial charge in [-0.05, 0) is 37.0 Å². The topological polar surface area (TPSA) is 38.4 Å². The quantitative estimate of drug-likeness (QED) is 0.541. The predicted octanol–water partition coefficient (Wildman–Crippen LogP) is 3.75. The lowest BCUT2D eigenvalue weighted by Gasteiger charge is -2.29. The minimum Gasteiger partial charge on any atom is -0.387 e. The fraction of sp³-hybridized carbons (Fsp3) is 0.929. The summed E-state index contributed by atoms with van der Waals surface area (Å²) in [6.45, 7) is 7.76. The van der Waals surface area contributed by atoms with Crippen molar-refractivity contribution in [3.8, 4) is 0 Å². The van der Waals surface area contributed by atoms with Crippen molar-refractivity contribution in [2.75, 3.05) is 6.54 Å². The number of nitrogens with two attached hydrogens (primary N) is 1. The van der Waals surface area contributed by atoms with Crippen molar-refractivity contribution < 1.29 is 0 Å². The van der Waals surface area contributed by atoms with Crippen LogP contribution in [0.25, 0.3) is 0 Å². The first-order chi connectivity index (χ1) is 7.58. The maximum atomic E-state index is 5.90. The van der Waals surface area contributed by atoms with Crippen LogP contribution in [0.15, 0.2) is 4.99 Å². The maximum absolute atomic E-state index is 5.90. The van der Waals surface area contributed by atoms with Crippen LogP contribution in [0, 0.1) is 11.3 Å². The molecule has 1 aliphatic rings. The summed E-state index contributed by atoms with van der Waals surface area (Å²) >= 11 is 0. The molecule has 0 saturated heterocycles. The molecule has 0 aromatic carbocycles. The predicted molar refractivity (Wildman–Crippen MR) is 71.8 cm³/mol. The molecule has 0 amide bonds. The first-order valence-corrected chi connectivity index (χ1v) is 6.87. The Bertz CT molecular complexity index is 225. The molecule has 0 spiro atoms. The highest BCUT2D eigenvalue weighted by Gasteiger charge is 2.34. The Hall–Kier alpha value is -0.530. The molecule has 0 aromatic heterocycles. The first kappa shape index (κ1) is 13.5. The normalized spacial score (nSPS) is 20.6. The third kappa shape index (κ3) is 4.15. The molecule has 0 heterocycles. The third-order valence-corrected chi connectivity index (χ3v) is 3.63. The Morgan fingerprint density at radius 3 is 2.44 bits per heavy atom. The lowest BCUT2D eigenvalue weighted by Crippen LogP contribution is -2.25. The van der Waals surface area contributed by atoms with Crippen LogP contribution in [0.4, 0.5) is 0 Å². The van der Waals surface area contributed by atoms with Crippen LogP contribution in [0.2, 0.25) is 0 Å². The largest absolute Gasteiger partial charge is 0.387 e. The fourth-order valence-electron chi connectivity index (χ4n) is 3.02. The molecule has 2 nitrogen and oxygen atoms in total. The third-order valence-electron chi connectivity index (χ3n) is 3.63. The van der Waals surface area contributed by atoms with Crippen molar-refractivity contribution in [1.82, 2.24) is 0 Å². The van der Waals surface area contributed by atoms with E-state index in [1.165, 1.54) is 32.1 Å². The molecule has 1 aliphatic carbocycles. The van der Waals surface area contributed by atoms with Gasteiger partial charge in [0.05, 0.1) is 5.84 Å². The minimum absolute atomic E-state index is 0.479. The van der Waals surface area contributed by atoms with Gasteiger partial charge < -0.3 is 5.73 Å². The standard InChI is InChI=1S/C14H28N2/c1-4-7-13(15)16-11-14(10-12(2)3)8-5-6-9-14/h12H,4-11H2,1-3H3,(H2,15,16). The lowest BCUT2D eigenvalue weighted by molar-refractivity contribution is 0.245. The highest BCUT2D eigenvalue weighted by atomic mass is 14.9.